The Hall–Kier alpha value is -3.46. The number of hydrogen-bond acceptors (Lipinski definition) is 5. The highest BCUT2D eigenvalue weighted by atomic mass is 32.1. The highest BCUT2D eigenvalue weighted by Gasteiger charge is 2.22. The first-order valence-electron chi connectivity index (χ1n) is 10.5. The summed E-state index contributed by atoms with van der Waals surface area (Å²) in [5, 5.41) is 7.20. The van der Waals surface area contributed by atoms with Gasteiger partial charge in [0.15, 0.2) is 0 Å². The zero-order valence-electron chi connectivity index (χ0n) is 18.3. The predicted molar refractivity (Wildman–Crippen MR) is 125 cm³/mol. The summed E-state index contributed by atoms with van der Waals surface area (Å²) in [6, 6.07) is 10.9. The molecule has 1 aliphatic heterocycles. The molecule has 0 aliphatic carbocycles. The maximum Gasteiger partial charge on any atom is 0.281 e. The van der Waals surface area contributed by atoms with E-state index in [1.54, 1.807) is 26.0 Å². The Balaban J connectivity index is 1.49. The molecule has 2 aromatic heterocycles. The van der Waals surface area contributed by atoms with Crippen molar-refractivity contribution >= 4 is 28.9 Å². The van der Waals surface area contributed by atoms with Crippen LogP contribution in [0.15, 0.2) is 46.3 Å². The number of rotatable bonds is 5. The number of aryl methyl sites for hydroxylation is 2. The van der Waals surface area contributed by atoms with Crippen molar-refractivity contribution in [3.63, 3.8) is 0 Å². The van der Waals surface area contributed by atoms with Crippen LogP contribution in [0.3, 0.4) is 0 Å². The van der Waals surface area contributed by atoms with Gasteiger partial charge in [0, 0.05) is 18.8 Å². The highest BCUT2D eigenvalue weighted by molar-refractivity contribution is 7.15. The molecule has 0 spiro atoms. The summed E-state index contributed by atoms with van der Waals surface area (Å²) in [5.41, 5.74) is 5.54. The van der Waals surface area contributed by atoms with E-state index in [-0.39, 0.29) is 11.5 Å². The van der Waals surface area contributed by atoms with Gasteiger partial charge in [0.2, 0.25) is 0 Å². The zero-order chi connectivity index (χ0) is 22.8. The molecule has 0 bridgehead atoms. The lowest BCUT2D eigenvalue weighted by atomic mass is 10.2. The first kappa shape index (κ1) is 21.8. The first-order valence-corrected chi connectivity index (χ1v) is 11.3. The molecular formula is C23H25N5O3S. The summed E-state index contributed by atoms with van der Waals surface area (Å²) in [4.78, 5) is 40.7. The average molecular weight is 452 g/mol. The smallest absolute Gasteiger partial charge is 0.281 e. The topological polar surface area (TPSA) is 99.6 Å². The number of carbonyl (C=O) groups excluding carboxylic acids is 2. The van der Waals surface area contributed by atoms with Gasteiger partial charge < -0.3 is 4.90 Å². The van der Waals surface area contributed by atoms with Gasteiger partial charge in [-0.2, -0.15) is 5.10 Å². The van der Waals surface area contributed by atoms with Crippen molar-refractivity contribution < 1.29 is 9.59 Å². The average Bonchev–Trinajstić information content (AvgIpc) is 3.53. The van der Waals surface area contributed by atoms with Crippen LogP contribution in [0.4, 0.5) is 0 Å². The summed E-state index contributed by atoms with van der Waals surface area (Å²) < 4.78 is 1.46. The molecule has 1 aromatic carbocycles. The van der Waals surface area contributed by atoms with Gasteiger partial charge in [0.1, 0.15) is 0 Å². The van der Waals surface area contributed by atoms with Crippen molar-refractivity contribution in [3.05, 3.63) is 73.3 Å². The molecule has 32 heavy (non-hydrogen) atoms. The largest absolute Gasteiger partial charge is 0.338 e. The Labute approximate surface area is 189 Å². The number of nitrogens with one attached hydrogen (secondary N) is 2. The van der Waals surface area contributed by atoms with Crippen LogP contribution in [0, 0.1) is 13.8 Å². The van der Waals surface area contributed by atoms with E-state index in [0.29, 0.717) is 26.7 Å². The number of aromatic amines is 1. The third-order valence-corrected chi connectivity index (χ3v) is 6.56. The van der Waals surface area contributed by atoms with E-state index in [2.05, 4.69) is 15.6 Å². The lowest BCUT2D eigenvalue weighted by molar-refractivity contribution is 0.0797. The van der Waals surface area contributed by atoms with Crippen molar-refractivity contribution in [1.29, 1.82) is 0 Å². The van der Waals surface area contributed by atoms with E-state index in [1.807, 2.05) is 36.1 Å². The molecule has 9 heteroatoms. The van der Waals surface area contributed by atoms with E-state index in [0.717, 1.165) is 48.5 Å². The lowest BCUT2D eigenvalue weighted by Gasteiger charge is -2.13. The van der Waals surface area contributed by atoms with Gasteiger partial charge in [-0.05, 0) is 57.9 Å². The van der Waals surface area contributed by atoms with Crippen LogP contribution in [-0.2, 0) is 0 Å². The Kier molecular flexibility index (Phi) is 6.09. The third-order valence-electron chi connectivity index (χ3n) is 5.48. The minimum absolute atomic E-state index is 0.0363. The lowest BCUT2D eigenvalue weighted by Crippen LogP contribution is -2.26. The fourth-order valence-electron chi connectivity index (χ4n) is 3.74. The second-order valence-corrected chi connectivity index (χ2v) is 8.97. The zero-order valence-corrected chi connectivity index (χ0v) is 19.1. The van der Waals surface area contributed by atoms with Crippen molar-refractivity contribution in [3.8, 4) is 5.69 Å². The molecule has 166 valence electrons. The van der Waals surface area contributed by atoms with Crippen molar-refractivity contribution in [2.75, 3.05) is 13.1 Å². The monoisotopic (exact) mass is 451 g/mol. The van der Waals surface area contributed by atoms with Crippen molar-refractivity contribution in [2.24, 2.45) is 5.10 Å². The quantitative estimate of drug-likeness (QED) is 0.460. The molecule has 3 heterocycles. The molecule has 1 aliphatic rings. The molecule has 3 aromatic rings. The van der Waals surface area contributed by atoms with E-state index < -0.39 is 5.91 Å². The van der Waals surface area contributed by atoms with Crippen LogP contribution >= 0.6 is 11.3 Å². The van der Waals surface area contributed by atoms with Crippen molar-refractivity contribution in [1.82, 2.24) is 20.1 Å². The van der Waals surface area contributed by atoms with Crippen LogP contribution in [0.2, 0.25) is 0 Å². The highest BCUT2D eigenvalue weighted by Crippen LogP contribution is 2.21. The van der Waals surface area contributed by atoms with Crippen LogP contribution in [0.1, 0.15) is 55.9 Å². The number of H-pyrrole nitrogens is 1. The molecule has 1 fully saturated rings. The van der Waals surface area contributed by atoms with Crippen molar-refractivity contribution in [2.45, 2.75) is 33.6 Å². The number of thiophene rings is 1. The van der Waals surface area contributed by atoms with Crippen LogP contribution in [0.5, 0.6) is 0 Å². The fourth-order valence-corrected chi connectivity index (χ4v) is 4.61. The van der Waals surface area contributed by atoms with Gasteiger partial charge in [0.25, 0.3) is 17.4 Å². The summed E-state index contributed by atoms with van der Waals surface area (Å²) >= 11 is 1.15. The normalized spacial score (nSPS) is 14.1. The molecule has 0 saturated carbocycles. The second kappa shape index (κ2) is 8.96. The van der Waals surface area contributed by atoms with Gasteiger partial charge in [-0.25, -0.2) is 10.1 Å². The fraction of sp³-hybridized carbons (Fsp3) is 0.304. The maximum absolute atomic E-state index is 12.9. The van der Waals surface area contributed by atoms with Gasteiger partial charge in [0.05, 0.1) is 26.7 Å². The summed E-state index contributed by atoms with van der Waals surface area (Å²) in [6.45, 7) is 6.97. The van der Waals surface area contributed by atoms with E-state index in [1.165, 1.54) is 4.68 Å². The van der Waals surface area contributed by atoms with Gasteiger partial charge >= 0.3 is 0 Å². The van der Waals surface area contributed by atoms with Crippen LogP contribution < -0.4 is 11.0 Å². The number of nitrogens with zero attached hydrogens (tertiary/aromatic N) is 3. The van der Waals surface area contributed by atoms with E-state index >= 15 is 0 Å². The number of carbonyl (C=O) groups is 2. The number of benzene rings is 1. The van der Waals surface area contributed by atoms with E-state index in [9.17, 15) is 14.4 Å². The standard InChI is InChI=1S/C23H25N5O3S/c1-14-6-8-17(9-7-14)28-23(31)20(16(3)26-28)15(2)24-25-21(29)18-10-11-19(32-18)22(30)27-12-4-5-13-27/h6-11,26H,4-5,12-13H2,1-3H3,(H,25,29). The molecule has 1 saturated heterocycles. The molecule has 0 radical (unpaired) electrons. The minimum atomic E-state index is -0.415. The van der Waals surface area contributed by atoms with Gasteiger partial charge in [-0.1, -0.05) is 17.7 Å². The molecule has 2 N–H and O–H groups in total. The van der Waals surface area contributed by atoms with E-state index in [4.69, 9.17) is 0 Å². The summed E-state index contributed by atoms with van der Waals surface area (Å²) in [7, 11) is 0. The number of aromatic nitrogens is 2. The van der Waals surface area contributed by atoms with Gasteiger partial charge in [-0.3, -0.25) is 19.5 Å². The predicted octanol–water partition coefficient (Wildman–Crippen LogP) is 3.23. The number of amides is 2. The molecule has 4 rings (SSSR count). The van der Waals surface area contributed by atoms with Crippen LogP contribution in [-0.4, -0.2) is 45.3 Å². The SMILES string of the molecule is CC(=NNC(=O)c1ccc(C(=O)N2CCCC2)s1)c1c(C)[nH]n(-c2ccc(C)cc2)c1=O. The minimum Gasteiger partial charge on any atom is -0.338 e. The molecule has 0 atom stereocenters. The Morgan fingerprint density at radius 3 is 2.38 bits per heavy atom. The number of likely N-dealkylation sites (tertiary alicyclic amines) is 1. The molecule has 8 nitrogen and oxygen atoms in total. The Bertz CT molecular complexity index is 1240. The second-order valence-electron chi connectivity index (χ2n) is 7.89. The van der Waals surface area contributed by atoms with Gasteiger partial charge in [-0.15, -0.1) is 11.3 Å². The summed E-state index contributed by atoms with van der Waals surface area (Å²) in [6.07, 6.45) is 2.03. The maximum atomic E-state index is 12.9. The van der Waals surface area contributed by atoms with Crippen LogP contribution in [0.25, 0.3) is 5.69 Å². The number of hydrogen-bond donors (Lipinski definition) is 2. The first-order chi connectivity index (χ1) is 15.3. The Morgan fingerprint density at radius 2 is 1.69 bits per heavy atom. The molecule has 0 unspecified atom stereocenters. The molecule has 2 amide bonds. The number of hydrazone groups is 1. The third kappa shape index (κ3) is 4.29. The summed E-state index contributed by atoms with van der Waals surface area (Å²) in [5.74, 6) is -0.451. The molecular weight excluding hydrogens is 426 g/mol. The Morgan fingerprint density at radius 1 is 1.03 bits per heavy atom.